The first kappa shape index (κ1) is 9.99. The molecule has 3 heteroatoms. The minimum atomic E-state index is -0.000164. The zero-order chi connectivity index (χ0) is 10.8. The summed E-state index contributed by atoms with van der Waals surface area (Å²) in [6.07, 6.45) is 1.74. The maximum absolute atomic E-state index is 11.8. The van der Waals surface area contributed by atoms with E-state index < -0.39 is 0 Å². The molecule has 0 radical (unpaired) electrons. The summed E-state index contributed by atoms with van der Waals surface area (Å²) < 4.78 is 1.56. The molecule has 2 nitrogen and oxygen atoms in total. The van der Waals surface area contributed by atoms with Crippen molar-refractivity contribution in [3.8, 4) is 11.1 Å². The van der Waals surface area contributed by atoms with Crippen LogP contribution < -0.4 is 5.56 Å². The zero-order valence-corrected chi connectivity index (χ0v) is 9.03. The van der Waals surface area contributed by atoms with Crippen molar-refractivity contribution in [2.75, 3.05) is 0 Å². The Hall–Kier alpha value is -1.54. The van der Waals surface area contributed by atoms with Gasteiger partial charge >= 0.3 is 0 Å². The molecular formula is C12H10ClNO. The molecule has 0 aliphatic carbocycles. The third-order valence-electron chi connectivity index (χ3n) is 2.28. The van der Waals surface area contributed by atoms with Crippen LogP contribution in [-0.2, 0) is 7.05 Å². The lowest BCUT2D eigenvalue weighted by molar-refractivity contribution is 0.863. The van der Waals surface area contributed by atoms with E-state index in [4.69, 9.17) is 11.6 Å². The Bertz CT molecular complexity index is 528. The van der Waals surface area contributed by atoms with Gasteiger partial charge in [-0.2, -0.15) is 0 Å². The predicted octanol–water partition coefficient (Wildman–Crippen LogP) is 2.71. The molecule has 1 aromatic heterocycles. The molecule has 0 saturated heterocycles. The molecule has 15 heavy (non-hydrogen) atoms. The normalized spacial score (nSPS) is 10.3. The molecule has 2 aromatic rings. The van der Waals surface area contributed by atoms with E-state index in [2.05, 4.69) is 0 Å². The van der Waals surface area contributed by atoms with E-state index in [9.17, 15) is 4.79 Å². The molecule has 0 bridgehead atoms. The summed E-state index contributed by atoms with van der Waals surface area (Å²) in [7, 11) is 1.74. The van der Waals surface area contributed by atoms with Crippen molar-refractivity contribution in [2.45, 2.75) is 0 Å². The number of halogens is 1. The van der Waals surface area contributed by atoms with Crippen LogP contribution in [0.4, 0.5) is 0 Å². The minimum absolute atomic E-state index is 0.000164. The number of nitrogens with zero attached hydrogens (tertiary/aromatic N) is 1. The van der Waals surface area contributed by atoms with Crippen LogP contribution in [0.2, 0.25) is 5.02 Å². The van der Waals surface area contributed by atoms with Crippen LogP contribution in [0.1, 0.15) is 0 Å². The second kappa shape index (κ2) is 3.91. The Morgan fingerprint density at radius 1 is 1.13 bits per heavy atom. The van der Waals surface area contributed by atoms with E-state index in [1.807, 2.05) is 24.3 Å². The molecule has 76 valence electrons. The lowest BCUT2D eigenvalue weighted by Crippen LogP contribution is -2.17. The van der Waals surface area contributed by atoms with Gasteiger partial charge in [0, 0.05) is 23.8 Å². The number of rotatable bonds is 1. The zero-order valence-electron chi connectivity index (χ0n) is 8.27. The first-order valence-electron chi connectivity index (χ1n) is 4.60. The molecule has 0 aliphatic heterocycles. The second-order valence-electron chi connectivity index (χ2n) is 3.34. The number of pyridine rings is 1. The van der Waals surface area contributed by atoms with Gasteiger partial charge in [0.15, 0.2) is 0 Å². The monoisotopic (exact) mass is 219 g/mol. The van der Waals surface area contributed by atoms with Crippen LogP contribution in [0.15, 0.2) is 47.4 Å². The lowest BCUT2D eigenvalue weighted by atomic mass is 10.1. The van der Waals surface area contributed by atoms with Gasteiger partial charge in [-0.25, -0.2) is 0 Å². The molecule has 1 heterocycles. The largest absolute Gasteiger partial charge is 0.318 e. The summed E-state index contributed by atoms with van der Waals surface area (Å²) >= 11 is 5.79. The van der Waals surface area contributed by atoms with Crippen molar-refractivity contribution in [3.05, 3.63) is 58.0 Å². The smallest absolute Gasteiger partial charge is 0.258 e. The molecular weight excluding hydrogens is 210 g/mol. The van der Waals surface area contributed by atoms with Gasteiger partial charge in [0.05, 0.1) is 0 Å². The van der Waals surface area contributed by atoms with Crippen molar-refractivity contribution in [3.63, 3.8) is 0 Å². The number of hydrogen-bond donors (Lipinski definition) is 0. The first-order valence-corrected chi connectivity index (χ1v) is 4.98. The van der Waals surface area contributed by atoms with E-state index in [1.54, 1.807) is 29.9 Å². The quantitative estimate of drug-likeness (QED) is 0.723. The second-order valence-corrected chi connectivity index (χ2v) is 3.78. The Kier molecular flexibility index (Phi) is 2.60. The van der Waals surface area contributed by atoms with Crippen molar-refractivity contribution in [2.24, 2.45) is 7.05 Å². The summed E-state index contributed by atoms with van der Waals surface area (Å²) in [5.74, 6) is 0. The molecule has 0 aliphatic rings. The molecule has 2 rings (SSSR count). The van der Waals surface area contributed by atoms with Crippen LogP contribution in [0, 0.1) is 0 Å². The Morgan fingerprint density at radius 2 is 1.80 bits per heavy atom. The minimum Gasteiger partial charge on any atom is -0.318 e. The molecule has 0 fully saturated rings. The Labute approximate surface area is 92.7 Å². The third kappa shape index (κ3) is 1.95. The average molecular weight is 220 g/mol. The van der Waals surface area contributed by atoms with Crippen LogP contribution >= 0.6 is 11.6 Å². The predicted molar refractivity (Wildman–Crippen MR) is 62.1 cm³/mol. The summed E-state index contributed by atoms with van der Waals surface area (Å²) in [5.41, 5.74) is 1.58. The molecule has 0 spiro atoms. The fourth-order valence-electron chi connectivity index (χ4n) is 1.45. The molecule has 0 amide bonds. The Morgan fingerprint density at radius 3 is 2.47 bits per heavy atom. The van der Waals surface area contributed by atoms with Gasteiger partial charge in [-0.3, -0.25) is 4.79 Å². The van der Waals surface area contributed by atoms with Crippen LogP contribution in [0.25, 0.3) is 11.1 Å². The number of aromatic nitrogens is 1. The van der Waals surface area contributed by atoms with Gasteiger partial charge in [0.25, 0.3) is 5.56 Å². The highest BCUT2D eigenvalue weighted by molar-refractivity contribution is 6.30. The van der Waals surface area contributed by atoms with E-state index >= 15 is 0 Å². The summed E-state index contributed by atoms with van der Waals surface area (Å²) in [6, 6.07) is 10.9. The van der Waals surface area contributed by atoms with Gasteiger partial charge in [0.1, 0.15) is 0 Å². The summed E-state index contributed by atoms with van der Waals surface area (Å²) in [5, 5.41) is 0.673. The molecule has 0 saturated carbocycles. The fraction of sp³-hybridized carbons (Fsp3) is 0.0833. The van der Waals surface area contributed by atoms with E-state index in [0.717, 1.165) is 5.56 Å². The van der Waals surface area contributed by atoms with Crippen LogP contribution in [0.3, 0.4) is 0 Å². The number of benzene rings is 1. The van der Waals surface area contributed by atoms with Crippen LogP contribution in [-0.4, -0.2) is 4.57 Å². The average Bonchev–Trinajstić information content (AvgIpc) is 2.24. The maximum atomic E-state index is 11.8. The highest BCUT2D eigenvalue weighted by atomic mass is 35.5. The summed E-state index contributed by atoms with van der Waals surface area (Å²) in [4.78, 5) is 11.8. The molecule has 0 unspecified atom stereocenters. The van der Waals surface area contributed by atoms with Gasteiger partial charge in [0.2, 0.25) is 0 Å². The van der Waals surface area contributed by atoms with Gasteiger partial charge in [-0.05, 0) is 29.8 Å². The Balaban J connectivity index is 2.59. The van der Waals surface area contributed by atoms with Crippen molar-refractivity contribution in [1.82, 2.24) is 4.57 Å². The van der Waals surface area contributed by atoms with E-state index in [1.165, 1.54) is 0 Å². The van der Waals surface area contributed by atoms with Crippen molar-refractivity contribution >= 4 is 11.6 Å². The number of hydrogen-bond acceptors (Lipinski definition) is 1. The molecule has 0 N–H and O–H groups in total. The van der Waals surface area contributed by atoms with Crippen molar-refractivity contribution < 1.29 is 0 Å². The highest BCUT2D eigenvalue weighted by Crippen LogP contribution is 2.17. The van der Waals surface area contributed by atoms with Crippen molar-refractivity contribution in [1.29, 1.82) is 0 Å². The number of aryl methyl sites for hydroxylation is 1. The van der Waals surface area contributed by atoms with Gasteiger partial charge in [-0.1, -0.05) is 23.7 Å². The summed E-state index contributed by atoms with van der Waals surface area (Å²) in [6.45, 7) is 0. The van der Waals surface area contributed by atoms with E-state index in [0.29, 0.717) is 10.6 Å². The fourth-order valence-corrected chi connectivity index (χ4v) is 1.57. The third-order valence-corrected chi connectivity index (χ3v) is 2.53. The molecule has 1 aromatic carbocycles. The molecule has 0 atom stereocenters. The van der Waals surface area contributed by atoms with Crippen LogP contribution in [0.5, 0.6) is 0 Å². The first-order chi connectivity index (χ1) is 7.18. The standard InChI is InChI=1S/C12H10ClNO/c1-14-8-2-3-11(12(14)15)9-4-6-10(13)7-5-9/h2-8H,1H3. The topological polar surface area (TPSA) is 22.0 Å². The highest BCUT2D eigenvalue weighted by Gasteiger charge is 2.02. The lowest BCUT2D eigenvalue weighted by Gasteiger charge is -2.03. The maximum Gasteiger partial charge on any atom is 0.258 e. The van der Waals surface area contributed by atoms with Gasteiger partial charge in [-0.15, -0.1) is 0 Å². The van der Waals surface area contributed by atoms with E-state index in [-0.39, 0.29) is 5.56 Å². The van der Waals surface area contributed by atoms with Gasteiger partial charge < -0.3 is 4.57 Å². The SMILES string of the molecule is Cn1cccc(-c2ccc(Cl)cc2)c1=O.